The van der Waals surface area contributed by atoms with Crippen LogP contribution < -0.4 is 16.8 Å². The zero-order chi connectivity index (χ0) is 14.7. The van der Waals surface area contributed by atoms with Crippen molar-refractivity contribution in [2.45, 2.75) is 26.3 Å². The van der Waals surface area contributed by atoms with Gasteiger partial charge in [-0.15, -0.1) is 0 Å². The summed E-state index contributed by atoms with van der Waals surface area (Å²) in [5, 5.41) is 0. The van der Waals surface area contributed by atoms with E-state index >= 15 is 0 Å². The van der Waals surface area contributed by atoms with Gasteiger partial charge in [0.2, 0.25) is 0 Å². The Bertz CT molecular complexity index is 566. The van der Waals surface area contributed by atoms with Gasteiger partial charge in [0.25, 0.3) is 0 Å². The van der Waals surface area contributed by atoms with Crippen molar-refractivity contribution in [2.75, 3.05) is 0 Å². The molecular formula is C15H19N3O2. The summed E-state index contributed by atoms with van der Waals surface area (Å²) in [6, 6.07) is 7.02. The fourth-order valence-electron chi connectivity index (χ4n) is 2.32. The maximum Gasteiger partial charge on any atom is 0.189 e. The lowest BCUT2D eigenvalue weighted by atomic mass is 9.84. The first-order chi connectivity index (χ1) is 9.54. The van der Waals surface area contributed by atoms with Crippen LogP contribution in [0.5, 0.6) is 0 Å². The summed E-state index contributed by atoms with van der Waals surface area (Å²) in [4.78, 5) is 24.4. The molecule has 0 aromatic heterocycles. The normalized spacial score (nSPS) is 17.4. The first-order valence-electron chi connectivity index (χ1n) is 6.64. The maximum absolute atomic E-state index is 12.4. The minimum atomic E-state index is -0.0973. The smallest absolute Gasteiger partial charge is 0.189 e. The summed E-state index contributed by atoms with van der Waals surface area (Å²) >= 11 is 0. The highest BCUT2D eigenvalue weighted by atomic mass is 16.1. The van der Waals surface area contributed by atoms with E-state index in [1.54, 1.807) is 24.3 Å². The van der Waals surface area contributed by atoms with E-state index in [0.29, 0.717) is 23.1 Å². The Balaban J connectivity index is 2.19. The van der Waals surface area contributed by atoms with Crippen molar-refractivity contribution in [3.05, 3.63) is 47.0 Å². The standard InChI is InChI=1S/C15H19N3O2/c1-9(10(2)17-18-16)7-11-8-14(19)12-5-3-4-6-13(12)15(11)20/h3-6,8-10,17-18H,7,16H2,1-2H3. The van der Waals surface area contributed by atoms with Gasteiger partial charge < -0.3 is 0 Å². The average molecular weight is 273 g/mol. The van der Waals surface area contributed by atoms with Gasteiger partial charge in [-0.2, -0.15) is 5.53 Å². The number of carbonyl (C=O) groups excluding carboxylic acids is 2. The minimum absolute atomic E-state index is 0.0556. The molecule has 0 fully saturated rings. The number of hydrogen-bond acceptors (Lipinski definition) is 5. The fraction of sp³-hybridized carbons (Fsp3) is 0.333. The van der Waals surface area contributed by atoms with Gasteiger partial charge in [0, 0.05) is 22.7 Å². The number of ketones is 2. The number of hydrogen-bond donors (Lipinski definition) is 3. The van der Waals surface area contributed by atoms with Gasteiger partial charge in [0.05, 0.1) is 0 Å². The largest absolute Gasteiger partial charge is 0.289 e. The van der Waals surface area contributed by atoms with Gasteiger partial charge in [-0.3, -0.25) is 15.4 Å². The number of fused-ring (bicyclic) bond motifs is 1. The highest BCUT2D eigenvalue weighted by Crippen LogP contribution is 2.26. The molecule has 2 unspecified atom stereocenters. The van der Waals surface area contributed by atoms with E-state index in [-0.39, 0.29) is 23.5 Å². The van der Waals surface area contributed by atoms with Crippen molar-refractivity contribution in [2.24, 2.45) is 11.8 Å². The number of rotatable bonds is 5. The molecule has 0 spiro atoms. The number of nitrogens with two attached hydrogens (primary N) is 1. The van der Waals surface area contributed by atoms with E-state index < -0.39 is 0 Å². The van der Waals surface area contributed by atoms with Crippen molar-refractivity contribution >= 4 is 11.6 Å². The summed E-state index contributed by atoms with van der Waals surface area (Å²) in [5.41, 5.74) is 6.84. The topological polar surface area (TPSA) is 84.2 Å². The Morgan fingerprint density at radius 2 is 1.80 bits per heavy atom. The van der Waals surface area contributed by atoms with E-state index in [1.807, 2.05) is 13.8 Å². The van der Waals surface area contributed by atoms with Gasteiger partial charge in [-0.25, -0.2) is 5.43 Å². The third kappa shape index (κ3) is 2.85. The Labute approximate surface area is 118 Å². The molecule has 5 heteroatoms. The molecule has 1 aromatic rings. The zero-order valence-corrected chi connectivity index (χ0v) is 11.6. The first kappa shape index (κ1) is 14.6. The molecule has 0 heterocycles. The number of carbonyl (C=O) groups is 2. The van der Waals surface area contributed by atoms with Gasteiger partial charge in [0.1, 0.15) is 0 Å². The molecule has 0 saturated heterocycles. The number of benzene rings is 1. The second-order valence-electron chi connectivity index (χ2n) is 5.17. The van der Waals surface area contributed by atoms with Crippen LogP contribution in [0.15, 0.2) is 35.9 Å². The molecule has 106 valence electrons. The van der Waals surface area contributed by atoms with Crippen molar-refractivity contribution in [3.8, 4) is 0 Å². The van der Waals surface area contributed by atoms with Crippen LogP contribution in [-0.4, -0.2) is 17.6 Å². The van der Waals surface area contributed by atoms with Crippen LogP contribution in [0.1, 0.15) is 41.0 Å². The molecule has 0 amide bonds. The summed E-state index contributed by atoms with van der Waals surface area (Å²) < 4.78 is 0. The summed E-state index contributed by atoms with van der Waals surface area (Å²) in [7, 11) is 0. The molecule has 1 aliphatic carbocycles. The third-order valence-corrected chi connectivity index (χ3v) is 3.74. The molecule has 20 heavy (non-hydrogen) atoms. The van der Waals surface area contributed by atoms with E-state index in [9.17, 15) is 9.59 Å². The monoisotopic (exact) mass is 273 g/mol. The third-order valence-electron chi connectivity index (χ3n) is 3.74. The predicted octanol–water partition coefficient (Wildman–Crippen LogP) is 1.37. The van der Waals surface area contributed by atoms with Crippen molar-refractivity contribution in [3.63, 3.8) is 0 Å². The lowest BCUT2D eigenvalue weighted by Gasteiger charge is -2.23. The molecule has 0 saturated carbocycles. The van der Waals surface area contributed by atoms with Crippen molar-refractivity contribution in [1.29, 1.82) is 0 Å². The van der Waals surface area contributed by atoms with E-state index in [0.717, 1.165) is 0 Å². The highest BCUT2D eigenvalue weighted by Gasteiger charge is 2.26. The Kier molecular flexibility index (Phi) is 4.44. The molecule has 0 radical (unpaired) electrons. The van der Waals surface area contributed by atoms with Crippen molar-refractivity contribution in [1.82, 2.24) is 11.0 Å². The zero-order valence-electron chi connectivity index (χ0n) is 11.6. The van der Waals surface area contributed by atoms with Crippen LogP contribution in [0.4, 0.5) is 0 Å². The predicted molar refractivity (Wildman–Crippen MR) is 76.9 cm³/mol. The quantitative estimate of drug-likeness (QED) is 0.557. The highest BCUT2D eigenvalue weighted by molar-refractivity contribution is 6.24. The molecule has 2 atom stereocenters. The van der Waals surface area contributed by atoms with Gasteiger partial charge in [-0.05, 0) is 25.3 Å². The summed E-state index contributed by atoms with van der Waals surface area (Å²) in [6.45, 7) is 3.97. The van der Waals surface area contributed by atoms with Gasteiger partial charge in [0.15, 0.2) is 11.6 Å². The lowest BCUT2D eigenvalue weighted by molar-refractivity contribution is 0.0978. The fourth-order valence-corrected chi connectivity index (χ4v) is 2.32. The van der Waals surface area contributed by atoms with E-state index in [4.69, 9.17) is 5.84 Å². The van der Waals surface area contributed by atoms with Crippen LogP contribution >= 0.6 is 0 Å². The molecule has 0 aliphatic heterocycles. The van der Waals surface area contributed by atoms with Crippen LogP contribution in [0, 0.1) is 5.92 Å². The first-order valence-corrected chi connectivity index (χ1v) is 6.64. The molecule has 1 aliphatic rings. The summed E-state index contributed by atoms with van der Waals surface area (Å²) in [5.74, 6) is 5.23. The van der Waals surface area contributed by atoms with Gasteiger partial charge in [-0.1, -0.05) is 31.2 Å². The lowest BCUT2D eigenvalue weighted by Crippen LogP contribution is -2.46. The second-order valence-corrected chi connectivity index (χ2v) is 5.17. The van der Waals surface area contributed by atoms with Crippen LogP contribution in [0.25, 0.3) is 0 Å². The summed E-state index contributed by atoms with van der Waals surface area (Å²) in [6.07, 6.45) is 2.00. The number of Topliss-reactive ketones (excluding diaryl/α,β-unsaturated/α-hetero) is 1. The van der Waals surface area contributed by atoms with Crippen LogP contribution in [0.3, 0.4) is 0 Å². The average Bonchev–Trinajstić information content (AvgIpc) is 2.44. The van der Waals surface area contributed by atoms with Crippen LogP contribution in [0.2, 0.25) is 0 Å². The maximum atomic E-state index is 12.4. The molecule has 0 bridgehead atoms. The minimum Gasteiger partial charge on any atom is -0.289 e. The second kappa shape index (κ2) is 6.09. The number of hydrazine groups is 2. The Hall–Kier alpha value is -1.82. The van der Waals surface area contributed by atoms with E-state index in [2.05, 4.69) is 11.0 Å². The van der Waals surface area contributed by atoms with Crippen LogP contribution in [-0.2, 0) is 0 Å². The SMILES string of the molecule is CC(CC1=CC(=O)c2ccccc2C1=O)C(C)NNN. The van der Waals surface area contributed by atoms with Gasteiger partial charge >= 0.3 is 0 Å². The van der Waals surface area contributed by atoms with E-state index in [1.165, 1.54) is 6.08 Å². The number of nitrogens with one attached hydrogen (secondary N) is 2. The molecule has 4 N–H and O–H groups in total. The molecule has 1 aromatic carbocycles. The molecular weight excluding hydrogens is 254 g/mol. The van der Waals surface area contributed by atoms with Crippen molar-refractivity contribution < 1.29 is 9.59 Å². The number of allylic oxidation sites excluding steroid dienone is 2. The Morgan fingerprint density at radius 3 is 2.45 bits per heavy atom. The Morgan fingerprint density at radius 1 is 1.15 bits per heavy atom. The molecule has 5 nitrogen and oxygen atoms in total. The molecule has 2 rings (SSSR count).